The fourth-order valence-corrected chi connectivity index (χ4v) is 7.34. The molecule has 132 valence electrons. The van der Waals surface area contributed by atoms with Crippen molar-refractivity contribution in [2.75, 3.05) is 23.2 Å². The third kappa shape index (κ3) is 2.69. The number of ether oxygens (including phenoxy) is 2. The second kappa shape index (κ2) is 5.38. The Bertz CT molecular complexity index is 894. The van der Waals surface area contributed by atoms with Crippen LogP contribution in [0.15, 0.2) is 23.2 Å². The van der Waals surface area contributed by atoms with E-state index in [1.807, 2.05) is 17.0 Å². The van der Waals surface area contributed by atoms with Crippen LogP contribution < -0.4 is 14.4 Å². The van der Waals surface area contributed by atoms with Crippen molar-refractivity contribution in [2.45, 2.75) is 24.1 Å². The Morgan fingerprint density at radius 3 is 2.80 bits per heavy atom. The summed E-state index contributed by atoms with van der Waals surface area (Å²) < 4.78 is 34.9. The average molecular weight is 380 g/mol. The Morgan fingerprint density at radius 1 is 1.20 bits per heavy atom. The normalized spacial score (nSPS) is 30.7. The highest BCUT2D eigenvalue weighted by molar-refractivity contribution is 8.16. The number of carbonyl (C=O) groups excluding carboxylic acids is 1. The molecule has 2 saturated heterocycles. The van der Waals surface area contributed by atoms with Crippen molar-refractivity contribution in [1.29, 1.82) is 0 Å². The van der Waals surface area contributed by atoms with Crippen molar-refractivity contribution in [3.05, 3.63) is 18.2 Å². The second-order valence-corrected chi connectivity index (χ2v) is 10.1. The number of amides is 1. The highest BCUT2D eigenvalue weighted by atomic mass is 32.2. The van der Waals surface area contributed by atoms with Crippen molar-refractivity contribution < 1.29 is 22.7 Å². The molecule has 0 N–H and O–H groups in total. The lowest BCUT2D eigenvalue weighted by atomic mass is 10.2. The number of anilines is 1. The summed E-state index contributed by atoms with van der Waals surface area (Å²) in [5, 5.41) is 0.502. The third-order valence-electron chi connectivity index (χ3n) is 4.83. The van der Waals surface area contributed by atoms with Gasteiger partial charge < -0.3 is 14.4 Å². The van der Waals surface area contributed by atoms with E-state index in [0.29, 0.717) is 16.7 Å². The summed E-state index contributed by atoms with van der Waals surface area (Å²) in [5.41, 5.74) is 0.781. The van der Waals surface area contributed by atoms with E-state index in [-0.39, 0.29) is 41.4 Å². The molecule has 0 spiro atoms. The number of benzene rings is 1. The predicted octanol–water partition coefficient (Wildman–Crippen LogP) is 1.43. The summed E-state index contributed by atoms with van der Waals surface area (Å²) in [5.74, 6) is 1.43. The molecule has 0 bridgehead atoms. The molecule has 2 atom stereocenters. The number of aliphatic imine (C=N–C) groups is 1. The van der Waals surface area contributed by atoms with Gasteiger partial charge in [-0.05, 0) is 25.0 Å². The van der Waals surface area contributed by atoms with Crippen molar-refractivity contribution in [3.8, 4) is 11.5 Å². The molecule has 1 aromatic carbocycles. The average Bonchev–Trinajstić information content (AvgIpc) is 3.13. The Labute approximate surface area is 149 Å². The number of sulfone groups is 1. The summed E-state index contributed by atoms with van der Waals surface area (Å²) in [6.45, 7) is 0.176. The molecule has 0 unspecified atom stereocenters. The van der Waals surface area contributed by atoms with Gasteiger partial charge in [-0.15, -0.1) is 0 Å². The predicted molar refractivity (Wildman–Crippen MR) is 94.0 cm³/mol. The van der Waals surface area contributed by atoms with E-state index >= 15 is 0 Å². The van der Waals surface area contributed by atoms with E-state index in [1.165, 1.54) is 11.8 Å². The molecule has 3 heterocycles. The van der Waals surface area contributed by atoms with E-state index < -0.39 is 9.84 Å². The summed E-state index contributed by atoms with van der Waals surface area (Å²) >= 11 is 1.40. The molecule has 5 rings (SSSR count). The molecule has 3 fully saturated rings. The molecule has 9 heteroatoms. The van der Waals surface area contributed by atoms with Gasteiger partial charge >= 0.3 is 0 Å². The highest BCUT2D eigenvalue weighted by Gasteiger charge is 2.50. The quantitative estimate of drug-likeness (QED) is 0.767. The molecule has 1 amide bonds. The van der Waals surface area contributed by atoms with E-state index in [0.717, 1.165) is 18.5 Å². The molecule has 3 aliphatic heterocycles. The minimum Gasteiger partial charge on any atom is -0.454 e. The van der Waals surface area contributed by atoms with Gasteiger partial charge in [0.1, 0.15) is 0 Å². The zero-order valence-electron chi connectivity index (χ0n) is 13.3. The van der Waals surface area contributed by atoms with Crippen LogP contribution in [0.5, 0.6) is 11.5 Å². The van der Waals surface area contributed by atoms with Crippen molar-refractivity contribution >= 4 is 38.4 Å². The first-order valence-electron chi connectivity index (χ1n) is 8.19. The first kappa shape index (κ1) is 15.5. The molecule has 1 aromatic rings. The van der Waals surface area contributed by atoms with Crippen LogP contribution in [-0.4, -0.2) is 49.1 Å². The van der Waals surface area contributed by atoms with Gasteiger partial charge in [0.2, 0.25) is 6.79 Å². The number of nitrogens with zero attached hydrogens (tertiary/aromatic N) is 2. The Morgan fingerprint density at radius 2 is 2.00 bits per heavy atom. The zero-order chi connectivity index (χ0) is 17.2. The van der Waals surface area contributed by atoms with Crippen LogP contribution in [0, 0.1) is 5.92 Å². The smallest absolute Gasteiger partial charge is 0.251 e. The van der Waals surface area contributed by atoms with Crippen LogP contribution in [0.2, 0.25) is 0 Å². The van der Waals surface area contributed by atoms with E-state index in [2.05, 4.69) is 4.99 Å². The zero-order valence-corrected chi connectivity index (χ0v) is 14.9. The van der Waals surface area contributed by atoms with Crippen LogP contribution in [0.4, 0.5) is 5.69 Å². The molecular formula is C16H16N2O5S2. The first-order valence-corrected chi connectivity index (χ1v) is 10.9. The van der Waals surface area contributed by atoms with Crippen molar-refractivity contribution in [1.82, 2.24) is 0 Å². The number of thioether (sulfide) groups is 1. The Hall–Kier alpha value is -1.74. The van der Waals surface area contributed by atoms with Gasteiger partial charge in [0, 0.05) is 22.9 Å². The first-order chi connectivity index (χ1) is 12.0. The third-order valence-corrected chi connectivity index (χ3v) is 8.04. The molecule has 0 radical (unpaired) electrons. The van der Waals surface area contributed by atoms with Crippen molar-refractivity contribution in [2.24, 2.45) is 10.9 Å². The molecule has 4 aliphatic rings. The number of fused-ring (bicyclic) bond motifs is 2. The van der Waals surface area contributed by atoms with E-state index in [4.69, 9.17) is 9.47 Å². The largest absolute Gasteiger partial charge is 0.454 e. The van der Waals surface area contributed by atoms with Crippen LogP contribution in [-0.2, 0) is 14.6 Å². The summed E-state index contributed by atoms with van der Waals surface area (Å²) in [4.78, 5) is 18.4. The number of carbonyl (C=O) groups is 1. The minimum absolute atomic E-state index is 0.0378. The molecule has 25 heavy (non-hydrogen) atoms. The van der Waals surface area contributed by atoms with Gasteiger partial charge in [0.15, 0.2) is 26.5 Å². The van der Waals surface area contributed by atoms with Crippen LogP contribution in [0.25, 0.3) is 0 Å². The van der Waals surface area contributed by atoms with Crippen LogP contribution in [0.1, 0.15) is 12.8 Å². The van der Waals surface area contributed by atoms with Gasteiger partial charge in [0.25, 0.3) is 5.91 Å². The number of rotatable bonds is 2. The standard InChI is InChI=1S/C16H16N2O5S2/c19-15(9-1-2-9)17-16-18(11-6-25(20,21)7-14(11)24-16)10-3-4-12-13(5-10)23-8-22-12/h3-5,9,11,14H,1-2,6-8H2/t11-,14-/m1/s1. The lowest BCUT2D eigenvalue weighted by Gasteiger charge is -2.24. The maximum Gasteiger partial charge on any atom is 0.251 e. The number of amidine groups is 1. The minimum atomic E-state index is -3.07. The molecule has 1 saturated carbocycles. The maximum atomic E-state index is 12.2. The van der Waals surface area contributed by atoms with Gasteiger partial charge in [-0.1, -0.05) is 11.8 Å². The van der Waals surface area contributed by atoms with Crippen LogP contribution >= 0.6 is 11.8 Å². The fraction of sp³-hybridized carbons (Fsp3) is 0.500. The van der Waals surface area contributed by atoms with E-state index in [1.54, 1.807) is 6.07 Å². The highest BCUT2D eigenvalue weighted by Crippen LogP contribution is 2.44. The summed E-state index contributed by atoms with van der Waals surface area (Å²) in [7, 11) is -3.07. The fourth-order valence-electron chi connectivity index (χ4n) is 3.42. The SMILES string of the molecule is O=C(N=C1S[C@@H]2CS(=O)(=O)C[C@H]2N1c1ccc2c(c1)OCO2)C1CC1. The molecule has 7 nitrogen and oxygen atoms in total. The number of hydrogen-bond donors (Lipinski definition) is 0. The monoisotopic (exact) mass is 380 g/mol. The molecule has 1 aliphatic carbocycles. The Balaban J connectivity index is 1.54. The second-order valence-electron chi connectivity index (χ2n) is 6.72. The van der Waals surface area contributed by atoms with Gasteiger partial charge in [-0.3, -0.25) is 4.79 Å². The van der Waals surface area contributed by atoms with E-state index in [9.17, 15) is 13.2 Å². The van der Waals surface area contributed by atoms with Crippen LogP contribution in [0.3, 0.4) is 0 Å². The lowest BCUT2D eigenvalue weighted by Crippen LogP contribution is -2.37. The number of hydrogen-bond acceptors (Lipinski definition) is 6. The maximum absolute atomic E-state index is 12.2. The topological polar surface area (TPSA) is 85.3 Å². The van der Waals surface area contributed by atoms with Gasteiger partial charge in [0.05, 0.1) is 17.5 Å². The summed E-state index contributed by atoms with van der Waals surface area (Å²) in [6.07, 6.45) is 1.79. The lowest BCUT2D eigenvalue weighted by molar-refractivity contribution is -0.118. The molecular weight excluding hydrogens is 364 g/mol. The summed E-state index contributed by atoms with van der Waals surface area (Å²) in [6, 6.07) is 5.28. The van der Waals surface area contributed by atoms with Crippen molar-refractivity contribution in [3.63, 3.8) is 0 Å². The van der Waals surface area contributed by atoms with Gasteiger partial charge in [-0.25, -0.2) is 8.42 Å². The van der Waals surface area contributed by atoms with Gasteiger partial charge in [-0.2, -0.15) is 4.99 Å². The molecule has 0 aromatic heterocycles. The Kier molecular flexibility index (Phi) is 3.34.